The van der Waals surface area contributed by atoms with Gasteiger partial charge in [0.15, 0.2) is 0 Å². The molecule has 0 fully saturated rings. The van der Waals surface area contributed by atoms with E-state index in [1.807, 2.05) is 27.7 Å². The van der Waals surface area contributed by atoms with E-state index in [-0.39, 0.29) is 44.5 Å². The van der Waals surface area contributed by atoms with Gasteiger partial charge in [0.2, 0.25) is 0 Å². The lowest BCUT2D eigenvalue weighted by Gasteiger charge is -2.34. The van der Waals surface area contributed by atoms with E-state index in [1.165, 1.54) is 70.7 Å². The molecule has 6 nitrogen and oxygen atoms in total. The van der Waals surface area contributed by atoms with Crippen molar-refractivity contribution in [3.8, 4) is 56.6 Å². The van der Waals surface area contributed by atoms with Gasteiger partial charge in [-0.15, -0.1) is 0 Å². The van der Waals surface area contributed by atoms with Crippen LogP contribution in [0.2, 0.25) is 0 Å². The minimum absolute atomic E-state index is 0.0110. The lowest BCUT2D eigenvalue weighted by molar-refractivity contribution is 0.130. The zero-order chi connectivity index (χ0) is 62.5. The van der Waals surface area contributed by atoms with Crippen LogP contribution >= 0.6 is 0 Å². The summed E-state index contributed by atoms with van der Waals surface area (Å²) in [5.74, 6) is 0.553. The van der Waals surface area contributed by atoms with Gasteiger partial charge in [0, 0.05) is 50.8 Å². The minimum atomic E-state index is -0.477. The first-order valence-corrected chi connectivity index (χ1v) is 32.1. The van der Waals surface area contributed by atoms with E-state index in [0.717, 1.165) is 90.0 Å². The van der Waals surface area contributed by atoms with Gasteiger partial charge < -0.3 is 28.8 Å². The molecule has 0 amide bonds. The van der Waals surface area contributed by atoms with Gasteiger partial charge in [0.25, 0.3) is 0 Å². The molecule has 86 heavy (non-hydrogen) atoms. The van der Waals surface area contributed by atoms with Crippen LogP contribution < -0.4 is 9.47 Å². The maximum atomic E-state index is 16.3. The van der Waals surface area contributed by atoms with Gasteiger partial charge in [-0.2, -0.15) is 0 Å². The van der Waals surface area contributed by atoms with Crippen LogP contribution in [0.3, 0.4) is 0 Å². The van der Waals surface area contributed by atoms with Crippen molar-refractivity contribution in [3.05, 3.63) is 152 Å². The highest BCUT2D eigenvalue weighted by atomic mass is 19.1. The molecule has 8 heteroatoms. The first-order chi connectivity index (χ1) is 40.1. The molecule has 0 saturated carbocycles. The predicted molar refractivity (Wildman–Crippen MR) is 355 cm³/mol. The average molecular weight is 1170 g/mol. The van der Waals surface area contributed by atoms with Crippen molar-refractivity contribution in [3.63, 3.8) is 0 Å². The van der Waals surface area contributed by atoms with E-state index in [1.54, 1.807) is 0 Å². The third-order valence-electron chi connectivity index (χ3n) is 18.6. The van der Waals surface area contributed by atoms with Gasteiger partial charge in [-0.25, -0.2) is 8.78 Å². The highest BCUT2D eigenvalue weighted by molar-refractivity contribution is 6.10. The Hall–Kier alpha value is -6.54. The van der Waals surface area contributed by atoms with E-state index >= 15 is 8.78 Å². The first-order valence-electron chi connectivity index (χ1n) is 32.1. The molecule has 0 aliphatic heterocycles. The Balaban J connectivity index is 1.07. The highest BCUT2D eigenvalue weighted by Gasteiger charge is 2.36. The number of hydrogen-bond donors (Lipinski definition) is 2. The van der Waals surface area contributed by atoms with E-state index in [9.17, 15) is 10.2 Å². The zero-order valence-electron chi connectivity index (χ0n) is 55.5. The van der Waals surface area contributed by atoms with Gasteiger partial charge in [-0.3, -0.25) is 0 Å². The van der Waals surface area contributed by atoms with Gasteiger partial charge in [0.1, 0.15) is 34.6 Å². The van der Waals surface area contributed by atoms with Crippen LogP contribution in [0.4, 0.5) is 8.78 Å². The lowest BCUT2D eigenvalue weighted by atomic mass is 9.71. The Kier molecular flexibility index (Phi) is 16.6. The molecule has 6 aromatic carbocycles. The summed E-state index contributed by atoms with van der Waals surface area (Å²) in [6.45, 7) is 41.5. The fraction of sp³-hybridized carbons (Fsp3) is 0.487. The summed E-state index contributed by atoms with van der Waals surface area (Å²) in [6, 6.07) is 27.9. The molecule has 458 valence electrons. The summed E-state index contributed by atoms with van der Waals surface area (Å²) in [4.78, 5) is 0. The number of fused-ring (bicyclic) bond motifs is 6. The van der Waals surface area contributed by atoms with E-state index in [0.29, 0.717) is 57.0 Å². The Morgan fingerprint density at radius 1 is 0.477 bits per heavy atom. The van der Waals surface area contributed by atoms with E-state index in [2.05, 4.69) is 174 Å². The van der Waals surface area contributed by atoms with Crippen molar-refractivity contribution >= 4 is 21.8 Å². The van der Waals surface area contributed by atoms with Crippen molar-refractivity contribution < 1.29 is 28.5 Å². The zero-order valence-corrected chi connectivity index (χ0v) is 55.5. The normalized spacial score (nSPS) is 15.1. The number of benzene rings is 6. The Morgan fingerprint density at radius 3 is 1.33 bits per heavy atom. The molecule has 2 atom stereocenters. The van der Waals surface area contributed by atoms with Crippen LogP contribution in [0.5, 0.6) is 23.0 Å². The summed E-state index contributed by atoms with van der Waals surface area (Å²) in [5, 5.41) is 28.4. The molecule has 2 N–H and O–H groups in total. The maximum absolute atomic E-state index is 16.3. The topological polar surface area (TPSA) is 68.8 Å². The molecular weight excluding hydrogens is 1070 g/mol. The standard InChI is InChI=1S/C78H98F2N2O4/c1-45(2)50-28-30-58-59-31-29-51(76(13,14)15)38-67(59)82(66(58)35-50)69-40-53(78(18,19)44-75(10,11)12)37-61(71(69)84)63-42-55(80)33-47(4)73(63)86-49(6)34-48(5)85-72-46(3)32-54(79)41-62(72)60-36-52(77(16,17)43-74(7,8)9)39-68(70(60)83)81-64-26-22-20-24-56(64)57-25-21-23-27-65(57)81/h28-33,35-42,45,48-49,83-84H,20-27,34,43-44H2,1-19H3/t48-,49-/m1/s1. The average Bonchev–Trinajstić information content (AvgIpc) is 1.51. The predicted octanol–water partition coefficient (Wildman–Crippen LogP) is 21.4. The maximum Gasteiger partial charge on any atom is 0.147 e. The molecule has 2 heterocycles. The van der Waals surface area contributed by atoms with Crippen LogP contribution in [0.1, 0.15) is 224 Å². The molecule has 0 saturated heterocycles. The molecule has 10 rings (SSSR count). The smallest absolute Gasteiger partial charge is 0.147 e. The molecule has 2 aliphatic rings. The van der Waals surface area contributed by atoms with Crippen LogP contribution in [0.25, 0.3) is 55.4 Å². The number of halogens is 2. The van der Waals surface area contributed by atoms with Crippen LogP contribution in [-0.4, -0.2) is 31.6 Å². The number of hydrogen-bond acceptors (Lipinski definition) is 4. The number of rotatable bonds is 15. The number of aromatic hydroxyl groups is 2. The Morgan fingerprint density at radius 2 is 0.895 bits per heavy atom. The van der Waals surface area contributed by atoms with Gasteiger partial charge in [0.05, 0.1) is 34.6 Å². The van der Waals surface area contributed by atoms with Crippen LogP contribution in [0.15, 0.2) is 84.9 Å². The number of aryl methyl sites for hydroxylation is 2. The van der Waals surface area contributed by atoms with Crippen LogP contribution in [-0.2, 0) is 41.9 Å². The summed E-state index contributed by atoms with van der Waals surface area (Å²) in [6.07, 6.45) is 9.79. The Labute approximate surface area is 513 Å². The van der Waals surface area contributed by atoms with Gasteiger partial charge in [-0.1, -0.05) is 128 Å². The molecule has 2 aromatic heterocycles. The first kappa shape index (κ1) is 62.5. The van der Waals surface area contributed by atoms with Crippen molar-refractivity contribution in [2.45, 2.75) is 237 Å². The second-order valence-corrected chi connectivity index (χ2v) is 31.2. The second-order valence-electron chi connectivity index (χ2n) is 31.2. The van der Waals surface area contributed by atoms with E-state index in [4.69, 9.17) is 9.47 Å². The largest absolute Gasteiger partial charge is 0.505 e. The minimum Gasteiger partial charge on any atom is -0.505 e. The molecule has 0 spiro atoms. The van der Waals surface area contributed by atoms with E-state index < -0.39 is 23.8 Å². The molecule has 2 aliphatic carbocycles. The van der Waals surface area contributed by atoms with Crippen molar-refractivity contribution in [2.75, 3.05) is 0 Å². The second kappa shape index (κ2) is 22.9. The van der Waals surface area contributed by atoms with Crippen molar-refractivity contribution in [2.24, 2.45) is 10.8 Å². The van der Waals surface area contributed by atoms with Gasteiger partial charge in [-0.05, 0) is 230 Å². The highest BCUT2D eigenvalue weighted by Crippen LogP contribution is 2.51. The summed E-state index contributed by atoms with van der Waals surface area (Å²) in [7, 11) is 0. The van der Waals surface area contributed by atoms with Crippen LogP contribution in [0, 0.1) is 36.3 Å². The summed E-state index contributed by atoms with van der Waals surface area (Å²) in [5.41, 5.74) is 15.7. The molecule has 0 unspecified atom stereocenters. The monoisotopic (exact) mass is 1160 g/mol. The molecule has 0 radical (unpaired) electrons. The molecule has 8 aromatic rings. The number of phenolic OH excluding ortho intramolecular Hbond substituents is 2. The van der Waals surface area contributed by atoms with Crippen molar-refractivity contribution in [1.29, 1.82) is 0 Å². The quantitative estimate of drug-likeness (QED) is 0.107. The third kappa shape index (κ3) is 12.4. The number of ether oxygens (including phenoxy) is 2. The van der Waals surface area contributed by atoms with Gasteiger partial charge >= 0.3 is 0 Å². The van der Waals surface area contributed by atoms with Crippen molar-refractivity contribution in [1.82, 2.24) is 9.13 Å². The number of aromatic nitrogens is 2. The molecular formula is C78H98F2N2O4. The number of phenols is 2. The summed E-state index contributed by atoms with van der Waals surface area (Å²) < 4.78 is 51.2. The fourth-order valence-corrected chi connectivity index (χ4v) is 15.3. The summed E-state index contributed by atoms with van der Waals surface area (Å²) >= 11 is 0. The Bertz CT molecular complexity index is 3870. The molecule has 0 bridgehead atoms. The third-order valence-corrected chi connectivity index (χ3v) is 18.6. The lowest BCUT2D eigenvalue weighted by Crippen LogP contribution is -2.25. The number of nitrogens with zero attached hydrogens (tertiary/aromatic N) is 2. The SMILES string of the molecule is Cc1cc(F)cc(-c2cc(C(C)(C)CC(C)(C)C)cc(-n3c4c(c5c3CCCC5)CCCC4)c2O)c1O[C@H](C)C[C@@H](C)Oc1c(C)cc(F)cc1-c1cc(C(C)(C)CC(C)(C)C)cc(-n2c3cc(C(C)C)ccc3c3ccc(C(C)(C)C)cc32)c1O. The fourth-order valence-electron chi connectivity index (χ4n) is 15.3.